The van der Waals surface area contributed by atoms with E-state index in [1.54, 1.807) is 24.5 Å². The van der Waals surface area contributed by atoms with E-state index in [1.165, 1.54) is 13.0 Å². The van der Waals surface area contributed by atoms with Crippen molar-refractivity contribution < 1.29 is 13.9 Å². The van der Waals surface area contributed by atoms with Crippen LogP contribution in [0, 0.1) is 5.82 Å². The van der Waals surface area contributed by atoms with E-state index in [-0.39, 0.29) is 17.5 Å². The standard InChI is InChI=1S/C18H19FN2O2/c1-13(22)18-16(19)3-2-4-17(18)21-10-7-15(11-21)23-12-14-5-8-20-9-6-14/h2-6,8-9,15H,7,10-12H2,1H3. The number of halogens is 1. The first-order valence-corrected chi connectivity index (χ1v) is 7.70. The number of anilines is 1. The van der Waals surface area contributed by atoms with Crippen LogP contribution in [-0.2, 0) is 11.3 Å². The molecular formula is C18H19FN2O2. The topological polar surface area (TPSA) is 42.4 Å². The van der Waals surface area contributed by atoms with E-state index in [9.17, 15) is 9.18 Å². The average Bonchev–Trinajstić information content (AvgIpc) is 3.02. The molecule has 23 heavy (non-hydrogen) atoms. The van der Waals surface area contributed by atoms with Crippen LogP contribution in [0.3, 0.4) is 0 Å². The molecule has 0 bridgehead atoms. The van der Waals surface area contributed by atoms with E-state index >= 15 is 0 Å². The highest BCUT2D eigenvalue weighted by molar-refractivity contribution is 6.00. The predicted molar refractivity (Wildman–Crippen MR) is 86.0 cm³/mol. The number of pyridine rings is 1. The smallest absolute Gasteiger partial charge is 0.164 e. The van der Waals surface area contributed by atoms with E-state index in [4.69, 9.17) is 4.74 Å². The molecule has 0 N–H and O–H groups in total. The zero-order valence-electron chi connectivity index (χ0n) is 13.0. The second-order valence-electron chi connectivity index (χ2n) is 5.71. The first kappa shape index (κ1) is 15.6. The lowest BCUT2D eigenvalue weighted by atomic mass is 10.1. The third-order valence-electron chi connectivity index (χ3n) is 4.06. The van der Waals surface area contributed by atoms with Gasteiger partial charge in [0.15, 0.2) is 5.78 Å². The Bertz CT molecular complexity index is 691. The summed E-state index contributed by atoms with van der Waals surface area (Å²) in [5.74, 6) is -0.713. The van der Waals surface area contributed by atoms with Crippen LogP contribution in [0.2, 0.25) is 0 Å². The van der Waals surface area contributed by atoms with Crippen LogP contribution in [0.4, 0.5) is 10.1 Å². The Kier molecular flexibility index (Phi) is 4.67. The molecule has 0 radical (unpaired) electrons. The summed E-state index contributed by atoms with van der Waals surface area (Å²) < 4.78 is 19.9. The van der Waals surface area contributed by atoms with Gasteiger partial charge in [0, 0.05) is 25.5 Å². The summed E-state index contributed by atoms with van der Waals surface area (Å²) in [7, 11) is 0. The number of nitrogens with zero attached hydrogens (tertiary/aromatic N) is 2. The highest BCUT2D eigenvalue weighted by atomic mass is 19.1. The molecule has 3 rings (SSSR count). The fraction of sp³-hybridized carbons (Fsp3) is 0.333. The Morgan fingerprint density at radius 3 is 2.87 bits per heavy atom. The van der Waals surface area contributed by atoms with Gasteiger partial charge in [-0.15, -0.1) is 0 Å². The van der Waals surface area contributed by atoms with Gasteiger partial charge in [-0.2, -0.15) is 0 Å². The number of ketones is 1. The molecule has 1 aliphatic heterocycles. The van der Waals surface area contributed by atoms with E-state index in [1.807, 2.05) is 17.0 Å². The Hall–Kier alpha value is -2.27. The zero-order chi connectivity index (χ0) is 16.2. The van der Waals surface area contributed by atoms with Crippen molar-refractivity contribution in [1.82, 2.24) is 4.98 Å². The summed E-state index contributed by atoms with van der Waals surface area (Å²) in [6.45, 7) is 3.35. The minimum atomic E-state index is -0.462. The van der Waals surface area contributed by atoms with Gasteiger partial charge in [-0.25, -0.2) is 4.39 Å². The quantitative estimate of drug-likeness (QED) is 0.795. The number of Topliss-reactive ketones (excluding diaryl/α,β-unsaturated/α-hetero) is 1. The molecule has 1 atom stereocenters. The number of hydrogen-bond donors (Lipinski definition) is 0. The third kappa shape index (κ3) is 3.56. The molecule has 0 saturated carbocycles. The van der Waals surface area contributed by atoms with Gasteiger partial charge < -0.3 is 9.64 Å². The molecule has 2 aromatic rings. The fourth-order valence-corrected chi connectivity index (χ4v) is 2.90. The maximum atomic E-state index is 13.9. The summed E-state index contributed by atoms with van der Waals surface area (Å²) >= 11 is 0. The van der Waals surface area contributed by atoms with Gasteiger partial charge in [0.05, 0.1) is 24.0 Å². The molecule has 1 aromatic heterocycles. The van der Waals surface area contributed by atoms with Crippen LogP contribution in [0.1, 0.15) is 29.3 Å². The number of carbonyl (C=O) groups is 1. The molecule has 0 amide bonds. The Morgan fingerprint density at radius 1 is 1.35 bits per heavy atom. The van der Waals surface area contributed by atoms with E-state index in [0.717, 1.165) is 18.5 Å². The van der Waals surface area contributed by atoms with Gasteiger partial charge in [0.2, 0.25) is 0 Å². The SMILES string of the molecule is CC(=O)c1c(F)cccc1N1CCC(OCc2ccncc2)C1. The maximum Gasteiger partial charge on any atom is 0.164 e. The number of rotatable bonds is 5. The second-order valence-corrected chi connectivity index (χ2v) is 5.71. The zero-order valence-corrected chi connectivity index (χ0v) is 13.0. The fourth-order valence-electron chi connectivity index (χ4n) is 2.90. The summed E-state index contributed by atoms with van der Waals surface area (Å²) in [5.41, 5.74) is 1.91. The maximum absolute atomic E-state index is 13.9. The number of benzene rings is 1. The van der Waals surface area contributed by atoms with Crippen molar-refractivity contribution in [3.8, 4) is 0 Å². The third-order valence-corrected chi connectivity index (χ3v) is 4.06. The normalized spacial score (nSPS) is 17.5. The van der Waals surface area contributed by atoms with Gasteiger partial charge >= 0.3 is 0 Å². The van der Waals surface area contributed by atoms with Gasteiger partial charge in [-0.1, -0.05) is 6.07 Å². The average molecular weight is 314 g/mol. The van der Waals surface area contributed by atoms with Gasteiger partial charge in [0.1, 0.15) is 5.82 Å². The van der Waals surface area contributed by atoms with Crippen LogP contribution in [0.15, 0.2) is 42.7 Å². The van der Waals surface area contributed by atoms with Crippen LogP contribution in [-0.4, -0.2) is 30.0 Å². The number of ether oxygens (including phenoxy) is 1. The molecule has 0 spiro atoms. The summed E-state index contributed by atoms with van der Waals surface area (Å²) in [5, 5.41) is 0. The van der Waals surface area contributed by atoms with Crippen molar-refractivity contribution in [2.75, 3.05) is 18.0 Å². The first-order valence-electron chi connectivity index (χ1n) is 7.70. The summed E-state index contributed by atoms with van der Waals surface area (Å²) in [6.07, 6.45) is 4.42. The molecule has 1 aromatic carbocycles. The number of hydrogen-bond acceptors (Lipinski definition) is 4. The van der Waals surface area contributed by atoms with Crippen LogP contribution in [0.5, 0.6) is 0 Å². The second kappa shape index (κ2) is 6.87. The molecule has 0 aliphatic carbocycles. The number of carbonyl (C=O) groups excluding carboxylic acids is 1. The van der Waals surface area contributed by atoms with Crippen molar-refractivity contribution in [3.05, 3.63) is 59.7 Å². The van der Waals surface area contributed by atoms with Gasteiger partial charge in [0.25, 0.3) is 0 Å². The molecule has 4 nitrogen and oxygen atoms in total. The predicted octanol–water partition coefficient (Wildman–Crippen LogP) is 3.22. The van der Waals surface area contributed by atoms with Crippen LogP contribution in [0.25, 0.3) is 0 Å². The Morgan fingerprint density at radius 2 is 2.13 bits per heavy atom. The highest BCUT2D eigenvalue weighted by Crippen LogP contribution is 2.28. The Balaban J connectivity index is 1.66. The van der Waals surface area contributed by atoms with Crippen molar-refractivity contribution in [2.24, 2.45) is 0 Å². The highest BCUT2D eigenvalue weighted by Gasteiger charge is 2.26. The molecule has 1 saturated heterocycles. The minimum absolute atomic E-state index is 0.0752. The monoisotopic (exact) mass is 314 g/mol. The van der Waals surface area contributed by atoms with E-state index in [0.29, 0.717) is 18.8 Å². The van der Waals surface area contributed by atoms with E-state index < -0.39 is 5.82 Å². The molecule has 5 heteroatoms. The van der Waals surface area contributed by atoms with Crippen LogP contribution >= 0.6 is 0 Å². The largest absolute Gasteiger partial charge is 0.372 e. The molecule has 120 valence electrons. The Labute approximate surface area is 134 Å². The summed E-state index contributed by atoms with van der Waals surface area (Å²) in [6, 6.07) is 8.61. The number of aromatic nitrogens is 1. The van der Waals surface area contributed by atoms with E-state index in [2.05, 4.69) is 4.98 Å². The van der Waals surface area contributed by atoms with Crippen molar-refractivity contribution in [2.45, 2.75) is 26.1 Å². The van der Waals surface area contributed by atoms with Crippen LogP contribution < -0.4 is 4.90 Å². The van der Waals surface area contributed by atoms with Gasteiger partial charge in [-0.3, -0.25) is 9.78 Å². The van der Waals surface area contributed by atoms with Crippen molar-refractivity contribution in [1.29, 1.82) is 0 Å². The van der Waals surface area contributed by atoms with Crippen molar-refractivity contribution >= 4 is 11.5 Å². The lowest BCUT2D eigenvalue weighted by Gasteiger charge is -2.21. The molecule has 1 unspecified atom stereocenters. The lowest BCUT2D eigenvalue weighted by molar-refractivity contribution is 0.0553. The summed E-state index contributed by atoms with van der Waals surface area (Å²) in [4.78, 5) is 17.7. The van der Waals surface area contributed by atoms with Gasteiger partial charge in [-0.05, 0) is 43.2 Å². The molecule has 1 aliphatic rings. The minimum Gasteiger partial charge on any atom is -0.372 e. The molecule has 2 heterocycles. The molecule has 1 fully saturated rings. The molecular weight excluding hydrogens is 295 g/mol. The first-order chi connectivity index (χ1) is 11.1. The van der Waals surface area contributed by atoms with Crippen molar-refractivity contribution in [3.63, 3.8) is 0 Å². The lowest BCUT2D eigenvalue weighted by Crippen LogP contribution is -2.24.